The standard InChI is InChI=1S/C14H8ClFN6S/c15-8-5-18-10-6(4-19-14(10)20-8)13-21-11(7-2-1-3-23-7)9(16)12(17)22-13/h1-5H,(H,19,20)(H2,17,21,22). The lowest BCUT2D eigenvalue weighted by atomic mass is 10.2. The maximum absolute atomic E-state index is 14.3. The summed E-state index contributed by atoms with van der Waals surface area (Å²) in [5.41, 5.74) is 7.49. The lowest BCUT2D eigenvalue weighted by molar-refractivity contribution is 0.625. The molecule has 0 aliphatic carbocycles. The van der Waals surface area contributed by atoms with Gasteiger partial charge in [-0.15, -0.1) is 11.3 Å². The minimum atomic E-state index is -0.634. The second-order valence-corrected chi connectivity index (χ2v) is 6.00. The molecule has 0 amide bonds. The van der Waals surface area contributed by atoms with E-state index in [9.17, 15) is 4.39 Å². The number of fused-ring (bicyclic) bond motifs is 1. The Morgan fingerprint density at radius 2 is 2.13 bits per heavy atom. The quantitative estimate of drug-likeness (QED) is 0.579. The molecule has 0 fully saturated rings. The SMILES string of the molecule is Nc1nc(-c2c[nH]c3nc(Cl)cnc23)nc(-c2cccs2)c1F. The second-order valence-electron chi connectivity index (χ2n) is 4.66. The van der Waals surface area contributed by atoms with Crippen molar-refractivity contribution in [2.24, 2.45) is 0 Å². The van der Waals surface area contributed by atoms with Crippen molar-refractivity contribution in [1.29, 1.82) is 0 Å². The smallest absolute Gasteiger partial charge is 0.192 e. The number of thiophene rings is 1. The maximum Gasteiger partial charge on any atom is 0.192 e. The summed E-state index contributed by atoms with van der Waals surface area (Å²) in [4.78, 5) is 20.3. The van der Waals surface area contributed by atoms with E-state index in [0.29, 0.717) is 21.6 Å². The molecule has 0 saturated heterocycles. The van der Waals surface area contributed by atoms with Gasteiger partial charge >= 0.3 is 0 Å². The average Bonchev–Trinajstić information content (AvgIpc) is 3.18. The third-order valence-corrected chi connectivity index (χ3v) is 4.28. The molecule has 4 aromatic heterocycles. The van der Waals surface area contributed by atoms with Crippen molar-refractivity contribution < 1.29 is 4.39 Å². The molecule has 0 aliphatic rings. The molecule has 0 radical (unpaired) electrons. The van der Waals surface area contributed by atoms with Crippen molar-refractivity contribution in [2.75, 3.05) is 5.73 Å². The van der Waals surface area contributed by atoms with Crippen molar-refractivity contribution in [1.82, 2.24) is 24.9 Å². The minimum Gasteiger partial charge on any atom is -0.381 e. The second kappa shape index (κ2) is 5.25. The Hall–Kier alpha value is -2.58. The van der Waals surface area contributed by atoms with Gasteiger partial charge in [0.1, 0.15) is 16.4 Å². The molecule has 0 atom stereocenters. The molecule has 23 heavy (non-hydrogen) atoms. The number of rotatable bonds is 2. The van der Waals surface area contributed by atoms with Gasteiger partial charge in [0.15, 0.2) is 23.1 Å². The number of nitrogen functional groups attached to an aromatic ring is 1. The largest absolute Gasteiger partial charge is 0.381 e. The lowest BCUT2D eigenvalue weighted by Gasteiger charge is -2.05. The molecule has 0 saturated carbocycles. The van der Waals surface area contributed by atoms with Crippen LogP contribution in [-0.4, -0.2) is 24.9 Å². The number of hydrogen-bond acceptors (Lipinski definition) is 6. The fourth-order valence-corrected chi connectivity index (χ4v) is 3.05. The number of hydrogen-bond donors (Lipinski definition) is 2. The molecule has 4 heterocycles. The van der Waals surface area contributed by atoms with Crippen molar-refractivity contribution in [2.45, 2.75) is 0 Å². The molecule has 114 valence electrons. The van der Waals surface area contributed by atoms with Crippen molar-refractivity contribution in [3.63, 3.8) is 0 Å². The third kappa shape index (κ3) is 2.32. The molecule has 4 rings (SSSR count). The zero-order valence-corrected chi connectivity index (χ0v) is 13.0. The van der Waals surface area contributed by atoms with Crippen molar-refractivity contribution >= 4 is 39.9 Å². The highest BCUT2D eigenvalue weighted by Gasteiger charge is 2.18. The topological polar surface area (TPSA) is 93.4 Å². The van der Waals surface area contributed by atoms with Crippen LogP contribution in [0.1, 0.15) is 0 Å². The Morgan fingerprint density at radius 1 is 1.26 bits per heavy atom. The molecular weight excluding hydrogens is 339 g/mol. The van der Waals surface area contributed by atoms with E-state index in [0.717, 1.165) is 0 Å². The van der Waals surface area contributed by atoms with Crippen LogP contribution in [0.4, 0.5) is 10.2 Å². The van der Waals surface area contributed by atoms with Crippen LogP contribution in [-0.2, 0) is 0 Å². The summed E-state index contributed by atoms with van der Waals surface area (Å²) in [6.45, 7) is 0. The van der Waals surface area contributed by atoms with E-state index in [4.69, 9.17) is 17.3 Å². The van der Waals surface area contributed by atoms with Gasteiger partial charge < -0.3 is 10.7 Å². The number of nitrogens with zero attached hydrogens (tertiary/aromatic N) is 4. The highest BCUT2D eigenvalue weighted by Crippen LogP contribution is 2.31. The monoisotopic (exact) mass is 346 g/mol. The molecule has 6 nitrogen and oxygen atoms in total. The van der Waals surface area contributed by atoms with Crippen LogP contribution < -0.4 is 5.73 Å². The van der Waals surface area contributed by atoms with E-state index in [2.05, 4.69) is 24.9 Å². The van der Waals surface area contributed by atoms with Crippen LogP contribution in [0.15, 0.2) is 29.9 Å². The van der Waals surface area contributed by atoms with E-state index in [1.54, 1.807) is 12.3 Å². The molecule has 0 bridgehead atoms. The zero-order chi connectivity index (χ0) is 16.0. The first-order chi connectivity index (χ1) is 11.1. The summed E-state index contributed by atoms with van der Waals surface area (Å²) in [5.74, 6) is -0.574. The molecule has 4 aromatic rings. The Balaban J connectivity index is 1.95. The van der Waals surface area contributed by atoms with Crippen molar-refractivity contribution in [3.8, 4) is 22.0 Å². The summed E-state index contributed by atoms with van der Waals surface area (Å²) in [6.07, 6.45) is 3.07. The number of nitrogens with one attached hydrogen (secondary N) is 1. The Bertz CT molecular complexity index is 1010. The Labute approximate surface area is 138 Å². The summed E-state index contributed by atoms with van der Waals surface area (Å²) in [5, 5.41) is 2.11. The number of H-pyrrole nitrogens is 1. The summed E-state index contributed by atoms with van der Waals surface area (Å²) < 4.78 is 14.3. The fourth-order valence-electron chi connectivity index (χ4n) is 2.21. The summed E-state index contributed by atoms with van der Waals surface area (Å²) in [7, 11) is 0. The van der Waals surface area contributed by atoms with Gasteiger partial charge in [0.05, 0.1) is 16.6 Å². The lowest BCUT2D eigenvalue weighted by Crippen LogP contribution is -2.02. The normalized spacial score (nSPS) is 11.2. The first-order valence-corrected chi connectivity index (χ1v) is 7.76. The van der Waals surface area contributed by atoms with Crippen LogP contribution in [0, 0.1) is 5.82 Å². The van der Waals surface area contributed by atoms with Gasteiger partial charge in [-0.25, -0.2) is 24.3 Å². The molecule has 0 unspecified atom stereocenters. The number of aromatic amines is 1. The predicted octanol–water partition coefficient (Wildman–Crippen LogP) is 3.52. The highest BCUT2D eigenvalue weighted by molar-refractivity contribution is 7.13. The fraction of sp³-hybridized carbons (Fsp3) is 0. The first-order valence-electron chi connectivity index (χ1n) is 6.50. The van der Waals surface area contributed by atoms with Gasteiger partial charge in [0, 0.05) is 6.20 Å². The Kier molecular flexibility index (Phi) is 3.21. The predicted molar refractivity (Wildman–Crippen MR) is 87.6 cm³/mol. The average molecular weight is 347 g/mol. The molecule has 9 heteroatoms. The van der Waals surface area contributed by atoms with Crippen LogP contribution in [0.5, 0.6) is 0 Å². The third-order valence-electron chi connectivity index (χ3n) is 3.22. The van der Waals surface area contributed by atoms with Gasteiger partial charge in [-0.1, -0.05) is 17.7 Å². The highest BCUT2D eigenvalue weighted by atomic mass is 35.5. The van der Waals surface area contributed by atoms with Gasteiger partial charge in [-0.3, -0.25) is 0 Å². The first kappa shape index (κ1) is 14.0. The minimum absolute atomic E-state index is 0.166. The summed E-state index contributed by atoms with van der Waals surface area (Å²) in [6, 6.07) is 3.59. The molecule has 0 aliphatic heterocycles. The van der Waals surface area contributed by atoms with E-state index in [-0.39, 0.29) is 22.5 Å². The molecule has 0 aromatic carbocycles. The molecule has 0 spiro atoms. The van der Waals surface area contributed by atoms with Crippen LogP contribution in [0.25, 0.3) is 33.1 Å². The van der Waals surface area contributed by atoms with E-state index in [1.165, 1.54) is 17.5 Å². The van der Waals surface area contributed by atoms with E-state index < -0.39 is 5.82 Å². The van der Waals surface area contributed by atoms with Gasteiger partial charge in [-0.2, -0.15) is 0 Å². The molecule has 3 N–H and O–H groups in total. The van der Waals surface area contributed by atoms with Gasteiger partial charge in [0.2, 0.25) is 0 Å². The van der Waals surface area contributed by atoms with E-state index >= 15 is 0 Å². The number of nitrogens with two attached hydrogens (primary N) is 1. The summed E-state index contributed by atoms with van der Waals surface area (Å²) >= 11 is 7.19. The van der Waals surface area contributed by atoms with Crippen LogP contribution >= 0.6 is 22.9 Å². The zero-order valence-electron chi connectivity index (χ0n) is 11.4. The van der Waals surface area contributed by atoms with Gasteiger partial charge in [-0.05, 0) is 11.4 Å². The van der Waals surface area contributed by atoms with Gasteiger partial charge in [0.25, 0.3) is 0 Å². The molecular formula is C14H8ClFN6S. The van der Waals surface area contributed by atoms with Crippen molar-refractivity contribution in [3.05, 3.63) is 40.9 Å². The Morgan fingerprint density at radius 3 is 2.91 bits per heavy atom. The van der Waals surface area contributed by atoms with E-state index in [1.807, 2.05) is 11.4 Å². The van der Waals surface area contributed by atoms with Crippen LogP contribution in [0.2, 0.25) is 5.15 Å². The van der Waals surface area contributed by atoms with Crippen LogP contribution in [0.3, 0.4) is 0 Å². The number of halogens is 2. The number of anilines is 1. The maximum atomic E-state index is 14.3. The number of aromatic nitrogens is 5.